The van der Waals surface area contributed by atoms with Crippen LogP contribution in [0.3, 0.4) is 0 Å². The van der Waals surface area contributed by atoms with Gasteiger partial charge in [0.2, 0.25) is 0 Å². The minimum atomic E-state index is -0.452. The molecule has 0 amide bonds. The summed E-state index contributed by atoms with van der Waals surface area (Å²) in [6.07, 6.45) is 3.44. The lowest BCUT2D eigenvalue weighted by Crippen LogP contribution is -2.37. The molecule has 0 bridgehead atoms. The van der Waals surface area contributed by atoms with Crippen LogP contribution in [0.1, 0.15) is 19.3 Å². The fourth-order valence-corrected chi connectivity index (χ4v) is 2.84. The van der Waals surface area contributed by atoms with Crippen LogP contribution in [0, 0.1) is 15.5 Å². The number of nitrogens with zero attached hydrogens (tertiary/aromatic N) is 1. The number of nitro groups is 1. The standard InChI is InChI=1S/C12H13BrClNO3/c13-7-12(4-1-5-12)8-18-11-6-9(15(16)17)2-3-10(11)14/h2-3,6H,1,4-5,7-8H2. The zero-order chi connectivity index (χ0) is 13.2. The first-order valence-electron chi connectivity index (χ1n) is 5.69. The van der Waals surface area contributed by atoms with Gasteiger partial charge in [0, 0.05) is 16.8 Å². The van der Waals surface area contributed by atoms with E-state index in [-0.39, 0.29) is 11.1 Å². The highest BCUT2D eigenvalue weighted by Gasteiger charge is 2.36. The van der Waals surface area contributed by atoms with Crippen molar-refractivity contribution in [1.82, 2.24) is 0 Å². The van der Waals surface area contributed by atoms with Gasteiger partial charge in [-0.3, -0.25) is 10.1 Å². The maximum absolute atomic E-state index is 10.7. The van der Waals surface area contributed by atoms with Gasteiger partial charge in [0.1, 0.15) is 5.75 Å². The van der Waals surface area contributed by atoms with Crippen molar-refractivity contribution in [3.05, 3.63) is 33.3 Å². The van der Waals surface area contributed by atoms with Crippen LogP contribution in [-0.4, -0.2) is 16.9 Å². The molecule has 98 valence electrons. The second-order valence-electron chi connectivity index (χ2n) is 4.65. The van der Waals surface area contributed by atoms with Crippen LogP contribution in [0.4, 0.5) is 5.69 Å². The second kappa shape index (κ2) is 5.45. The van der Waals surface area contributed by atoms with Gasteiger partial charge >= 0.3 is 0 Å². The average molecular weight is 335 g/mol. The summed E-state index contributed by atoms with van der Waals surface area (Å²) in [5.74, 6) is 0.387. The molecule has 1 fully saturated rings. The lowest BCUT2D eigenvalue weighted by Gasteiger charge is -2.39. The summed E-state index contributed by atoms with van der Waals surface area (Å²) in [7, 11) is 0. The van der Waals surface area contributed by atoms with Crippen molar-refractivity contribution in [2.75, 3.05) is 11.9 Å². The van der Waals surface area contributed by atoms with E-state index in [9.17, 15) is 10.1 Å². The first kappa shape index (κ1) is 13.6. The Balaban J connectivity index is 2.08. The number of halogens is 2. The highest BCUT2D eigenvalue weighted by atomic mass is 79.9. The molecule has 4 nitrogen and oxygen atoms in total. The molecule has 2 rings (SSSR count). The highest BCUT2D eigenvalue weighted by Crippen LogP contribution is 2.43. The zero-order valence-corrected chi connectivity index (χ0v) is 12.0. The van der Waals surface area contributed by atoms with Gasteiger partial charge in [0.25, 0.3) is 5.69 Å². The normalized spacial score (nSPS) is 17.0. The molecule has 18 heavy (non-hydrogen) atoms. The van der Waals surface area contributed by atoms with Crippen molar-refractivity contribution in [3.8, 4) is 5.75 Å². The lowest BCUT2D eigenvalue weighted by molar-refractivity contribution is -0.384. The quantitative estimate of drug-likeness (QED) is 0.461. The van der Waals surface area contributed by atoms with E-state index in [0.29, 0.717) is 17.4 Å². The predicted octanol–water partition coefficient (Wildman–Crippen LogP) is 4.19. The van der Waals surface area contributed by atoms with E-state index in [1.165, 1.54) is 24.6 Å². The van der Waals surface area contributed by atoms with Crippen molar-refractivity contribution >= 4 is 33.2 Å². The number of alkyl halides is 1. The summed E-state index contributed by atoms with van der Waals surface area (Å²) in [6, 6.07) is 4.25. The van der Waals surface area contributed by atoms with Gasteiger partial charge in [-0.25, -0.2) is 0 Å². The van der Waals surface area contributed by atoms with Gasteiger partial charge in [-0.1, -0.05) is 34.0 Å². The van der Waals surface area contributed by atoms with Gasteiger partial charge in [-0.2, -0.15) is 0 Å². The van der Waals surface area contributed by atoms with Crippen LogP contribution in [0.2, 0.25) is 5.02 Å². The Kier molecular flexibility index (Phi) is 4.12. The van der Waals surface area contributed by atoms with E-state index in [4.69, 9.17) is 16.3 Å². The summed E-state index contributed by atoms with van der Waals surface area (Å²) in [5, 5.41) is 12.0. The van der Waals surface area contributed by atoms with Crippen molar-refractivity contribution in [2.24, 2.45) is 5.41 Å². The Morgan fingerprint density at radius 3 is 2.72 bits per heavy atom. The van der Waals surface area contributed by atoms with Gasteiger partial charge in [0.15, 0.2) is 0 Å². The van der Waals surface area contributed by atoms with E-state index in [1.54, 1.807) is 0 Å². The molecule has 0 radical (unpaired) electrons. The number of nitro benzene ring substituents is 1. The Hall–Kier alpha value is -0.810. The third-order valence-electron chi connectivity index (χ3n) is 3.36. The highest BCUT2D eigenvalue weighted by molar-refractivity contribution is 9.09. The second-order valence-corrected chi connectivity index (χ2v) is 5.62. The SMILES string of the molecule is O=[N+]([O-])c1ccc(Cl)c(OCC2(CBr)CCC2)c1. The Morgan fingerprint density at radius 1 is 1.50 bits per heavy atom. The maximum Gasteiger partial charge on any atom is 0.273 e. The molecule has 0 aromatic heterocycles. The molecule has 0 saturated heterocycles. The van der Waals surface area contributed by atoms with Crippen LogP contribution in [0.15, 0.2) is 18.2 Å². The number of hydrogen-bond donors (Lipinski definition) is 0. The molecule has 1 aromatic carbocycles. The topological polar surface area (TPSA) is 52.4 Å². The summed E-state index contributed by atoms with van der Waals surface area (Å²) in [6.45, 7) is 0.541. The van der Waals surface area contributed by atoms with E-state index in [2.05, 4.69) is 15.9 Å². The van der Waals surface area contributed by atoms with Gasteiger partial charge in [-0.15, -0.1) is 0 Å². The minimum Gasteiger partial charge on any atom is -0.491 e. The number of ether oxygens (including phenoxy) is 1. The zero-order valence-electron chi connectivity index (χ0n) is 9.70. The summed E-state index contributed by atoms with van der Waals surface area (Å²) in [4.78, 5) is 10.2. The number of benzene rings is 1. The number of non-ortho nitro benzene ring substituents is 1. The summed E-state index contributed by atoms with van der Waals surface area (Å²) >= 11 is 9.47. The first-order valence-corrected chi connectivity index (χ1v) is 7.19. The Morgan fingerprint density at radius 2 is 2.22 bits per heavy atom. The number of hydrogen-bond acceptors (Lipinski definition) is 3. The molecular weight excluding hydrogens is 321 g/mol. The molecule has 0 N–H and O–H groups in total. The smallest absolute Gasteiger partial charge is 0.273 e. The van der Waals surface area contributed by atoms with Gasteiger partial charge < -0.3 is 4.74 Å². The molecule has 0 heterocycles. The average Bonchev–Trinajstić information content (AvgIpc) is 2.30. The molecule has 0 spiro atoms. The molecule has 0 aliphatic heterocycles. The first-order chi connectivity index (χ1) is 8.56. The van der Waals surface area contributed by atoms with Crippen LogP contribution in [-0.2, 0) is 0 Å². The van der Waals surface area contributed by atoms with Crippen molar-refractivity contribution < 1.29 is 9.66 Å². The van der Waals surface area contributed by atoms with E-state index >= 15 is 0 Å². The number of rotatable bonds is 5. The summed E-state index contributed by atoms with van der Waals surface area (Å²) < 4.78 is 5.66. The third kappa shape index (κ3) is 2.78. The van der Waals surface area contributed by atoms with E-state index in [1.807, 2.05) is 0 Å². The van der Waals surface area contributed by atoms with Crippen LogP contribution in [0.25, 0.3) is 0 Å². The molecular formula is C12H13BrClNO3. The van der Waals surface area contributed by atoms with E-state index < -0.39 is 4.92 Å². The summed E-state index contributed by atoms with van der Waals surface area (Å²) in [5.41, 5.74) is 0.157. The molecule has 1 aromatic rings. The van der Waals surface area contributed by atoms with Crippen LogP contribution in [0.5, 0.6) is 5.75 Å². The Labute approximate surface area is 119 Å². The van der Waals surface area contributed by atoms with Crippen molar-refractivity contribution in [3.63, 3.8) is 0 Å². The molecule has 1 aliphatic carbocycles. The minimum absolute atomic E-state index is 0.00379. The fourth-order valence-electron chi connectivity index (χ4n) is 1.94. The van der Waals surface area contributed by atoms with Gasteiger partial charge in [0.05, 0.1) is 22.6 Å². The van der Waals surface area contributed by atoms with Crippen LogP contribution >= 0.6 is 27.5 Å². The molecule has 0 atom stereocenters. The molecule has 1 aliphatic rings. The maximum atomic E-state index is 10.7. The van der Waals surface area contributed by atoms with E-state index in [0.717, 1.165) is 18.2 Å². The van der Waals surface area contributed by atoms with Crippen molar-refractivity contribution in [2.45, 2.75) is 19.3 Å². The van der Waals surface area contributed by atoms with Crippen LogP contribution < -0.4 is 4.74 Å². The lowest BCUT2D eigenvalue weighted by atomic mass is 9.71. The largest absolute Gasteiger partial charge is 0.491 e. The van der Waals surface area contributed by atoms with Gasteiger partial charge in [-0.05, 0) is 18.9 Å². The molecule has 6 heteroatoms. The Bertz CT molecular complexity index is 457. The predicted molar refractivity (Wildman–Crippen MR) is 73.7 cm³/mol. The molecule has 0 unspecified atom stereocenters. The monoisotopic (exact) mass is 333 g/mol. The third-order valence-corrected chi connectivity index (χ3v) is 4.86. The fraction of sp³-hybridized carbons (Fsp3) is 0.500. The molecule has 1 saturated carbocycles. The van der Waals surface area contributed by atoms with Crippen molar-refractivity contribution in [1.29, 1.82) is 0 Å².